The van der Waals surface area contributed by atoms with Gasteiger partial charge in [0, 0.05) is 25.5 Å². The maximum absolute atomic E-state index is 12.6. The molecule has 1 aromatic rings. The number of nitrogens with zero attached hydrogens (tertiary/aromatic N) is 3. The summed E-state index contributed by atoms with van der Waals surface area (Å²) in [5.74, 6) is 0.414. The Morgan fingerprint density at radius 2 is 2.11 bits per heavy atom. The largest absolute Gasteiger partial charge is 0.271 e. The lowest BCUT2D eigenvalue weighted by Gasteiger charge is -2.16. The molecular weight excluding hydrogens is 318 g/mol. The van der Waals surface area contributed by atoms with Crippen molar-refractivity contribution in [1.82, 2.24) is 14.1 Å². The molecule has 0 spiro atoms. The average molecular weight is 336 g/mol. The van der Waals surface area contributed by atoms with Crippen molar-refractivity contribution in [3.63, 3.8) is 0 Å². The second kappa shape index (κ2) is 4.94. The zero-order valence-electron chi connectivity index (χ0n) is 10.9. The van der Waals surface area contributed by atoms with Gasteiger partial charge < -0.3 is 0 Å². The molecule has 1 aromatic heterocycles. The monoisotopic (exact) mass is 335 g/mol. The quantitative estimate of drug-likeness (QED) is 0.785. The summed E-state index contributed by atoms with van der Waals surface area (Å²) >= 11 is 3.42. The fourth-order valence-corrected chi connectivity index (χ4v) is 4.86. The van der Waals surface area contributed by atoms with E-state index in [0.29, 0.717) is 35.3 Å². The molecule has 1 fully saturated rings. The van der Waals surface area contributed by atoms with Gasteiger partial charge in [0.15, 0.2) is 0 Å². The Morgan fingerprint density at radius 1 is 1.44 bits per heavy atom. The maximum atomic E-state index is 12.6. The number of aromatic nitrogens is 2. The Bertz CT molecular complexity index is 553. The van der Waals surface area contributed by atoms with Crippen molar-refractivity contribution in [2.45, 2.75) is 25.2 Å². The summed E-state index contributed by atoms with van der Waals surface area (Å²) < 4.78 is 28.4. The zero-order valence-corrected chi connectivity index (χ0v) is 13.3. The molecule has 102 valence electrons. The van der Waals surface area contributed by atoms with Gasteiger partial charge in [-0.15, -0.1) is 0 Å². The van der Waals surface area contributed by atoms with E-state index >= 15 is 0 Å². The van der Waals surface area contributed by atoms with Gasteiger partial charge in [0.25, 0.3) is 0 Å². The molecule has 5 nitrogen and oxygen atoms in total. The Kier molecular flexibility index (Phi) is 3.85. The van der Waals surface area contributed by atoms with Crippen LogP contribution in [0.25, 0.3) is 0 Å². The summed E-state index contributed by atoms with van der Waals surface area (Å²) in [6, 6.07) is 0. The molecule has 18 heavy (non-hydrogen) atoms. The molecular formula is C11H18BrN3O2S. The molecule has 7 heteroatoms. The predicted molar refractivity (Wildman–Crippen MR) is 73.3 cm³/mol. The van der Waals surface area contributed by atoms with E-state index in [0.717, 1.165) is 11.8 Å². The number of sulfonamides is 1. The third kappa shape index (κ3) is 2.23. The number of hydrogen-bond acceptors (Lipinski definition) is 3. The van der Waals surface area contributed by atoms with Crippen molar-refractivity contribution in [3.05, 3.63) is 11.4 Å². The number of alkyl halides is 1. The lowest BCUT2D eigenvalue weighted by atomic mass is 10.2. The third-order valence-electron chi connectivity index (χ3n) is 3.51. The number of halogens is 1. The Morgan fingerprint density at radius 3 is 2.56 bits per heavy atom. The molecule has 0 bridgehead atoms. The van der Waals surface area contributed by atoms with Crippen molar-refractivity contribution >= 4 is 26.0 Å². The van der Waals surface area contributed by atoms with Crippen molar-refractivity contribution in [1.29, 1.82) is 0 Å². The molecule has 0 amide bonds. The van der Waals surface area contributed by atoms with Crippen molar-refractivity contribution < 1.29 is 8.42 Å². The molecule has 2 rings (SSSR count). The van der Waals surface area contributed by atoms with Crippen LogP contribution in [-0.4, -0.2) is 40.9 Å². The molecule has 1 unspecified atom stereocenters. The van der Waals surface area contributed by atoms with Crippen LogP contribution in [-0.2, 0) is 17.1 Å². The second-order valence-corrected chi connectivity index (χ2v) is 7.32. The first-order chi connectivity index (χ1) is 8.37. The smallest absolute Gasteiger partial charge is 0.246 e. The van der Waals surface area contributed by atoms with Crippen molar-refractivity contribution in [3.8, 4) is 0 Å². The molecule has 0 saturated carbocycles. The first-order valence-electron chi connectivity index (χ1n) is 5.94. The lowest BCUT2D eigenvalue weighted by Crippen LogP contribution is -2.29. The molecule has 0 N–H and O–H groups in total. The summed E-state index contributed by atoms with van der Waals surface area (Å²) in [7, 11) is -1.62. The molecule has 1 saturated heterocycles. The SMILES string of the molecule is Cc1nn(C)c(C)c1S(=O)(=O)N1CCC(CBr)C1. The minimum atomic E-state index is -3.39. The summed E-state index contributed by atoms with van der Waals surface area (Å²) in [6.07, 6.45) is 0.919. The first kappa shape index (κ1) is 14.0. The van der Waals surface area contributed by atoms with Crippen LogP contribution in [0.2, 0.25) is 0 Å². The van der Waals surface area contributed by atoms with Crippen LogP contribution in [0.1, 0.15) is 17.8 Å². The van der Waals surface area contributed by atoms with E-state index in [1.165, 1.54) is 0 Å². The number of aryl methyl sites for hydroxylation is 2. The third-order valence-corrected chi connectivity index (χ3v) is 6.54. The van der Waals surface area contributed by atoms with E-state index in [1.54, 1.807) is 29.9 Å². The molecule has 0 aliphatic carbocycles. The highest BCUT2D eigenvalue weighted by atomic mass is 79.9. The van der Waals surface area contributed by atoms with Crippen LogP contribution < -0.4 is 0 Å². The van der Waals surface area contributed by atoms with Crippen molar-refractivity contribution in [2.24, 2.45) is 13.0 Å². The van der Waals surface area contributed by atoms with Gasteiger partial charge in [0.2, 0.25) is 10.0 Å². The average Bonchev–Trinajstić information content (AvgIpc) is 2.85. The van der Waals surface area contributed by atoms with Gasteiger partial charge in [-0.1, -0.05) is 15.9 Å². The van der Waals surface area contributed by atoms with Crippen LogP contribution in [0, 0.1) is 19.8 Å². The van der Waals surface area contributed by atoms with Gasteiger partial charge in [-0.2, -0.15) is 9.40 Å². The molecule has 2 heterocycles. The Balaban J connectivity index is 2.37. The molecule has 0 aromatic carbocycles. The highest BCUT2D eigenvalue weighted by Crippen LogP contribution is 2.28. The van der Waals surface area contributed by atoms with Gasteiger partial charge in [0.05, 0.1) is 11.4 Å². The van der Waals surface area contributed by atoms with Gasteiger partial charge >= 0.3 is 0 Å². The lowest BCUT2D eigenvalue weighted by molar-refractivity contribution is 0.465. The maximum Gasteiger partial charge on any atom is 0.246 e. The minimum absolute atomic E-state index is 0.375. The van der Waals surface area contributed by atoms with Crippen molar-refractivity contribution in [2.75, 3.05) is 18.4 Å². The molecule has 1 atom stereocenters. The summed E-state index contributed by atoms with van der Waals surface area (Å²) in [6.45, 7) is 4.75. The van der Waals surface area contributed by atoms with E-state index in [1.807, 2.05) is 0 Å². The van der Waals surface area contributed by atoms with Crippen LogP contribution >= 0.6 is 15.9 Å². The first-order valence-corrected chi connectivity index (χ1v) is 8.50. The summed E-state index contributed by atoms with van der Waals surface area (Å²) in [5, 5.41) is 5.04. The minimum Gasteiger partial charge on any atom is -0.271 e. The van der Waals surface area contributed by atoms with E-state index in [9.17, 15) is 8.42 Å². The Labute approximate surface area is 116 Å². The van der Waals surface area contributed by atoms with Crippen LogP contribution in [0.5, 0.6) is 0 Å². The highest BCUT2D eigenvalue weighted by Gasteiger charge is 2.35. The van der Waals surface area contributed by atoms with Crippen LogP contribution in [0.15, 0.2) is 4.90 Å². The van der Waals surface area contributed by atoms with Gasteiger partial charge in [-0.05, 0) is 26.2 Å². The topological polar surface area (TPSA) is 55.2 Å². The van der Waals surface area contributed by atoms with E-state index in [4.69, 9.17) is 0 Å². The number of hydrogen-bond donors (Lipinski definition) is 0. The fourth-order valence-electron chi connectivity index (χ4n) is 2.40. The molecule has 1 aliphatic heterocycles. The Hall–Kier alpha value is -0.400. The predicted octanol–water partition coefficient (Wildman–Crippen LogP) is 1.44. The standard InChI is InChI=1S/C11H18BrN3O2S/c1-8-11(9(2)14(3)13-8)18(16,17)15-5-4-10(6-12)7-15/h10H,4-7H2,1-3H3. The van der Waals surface area contributed by atoms with E-state index in [-0.39, 0.29) is 0 Å². The zero-order chi connectivity index (χ0) is 13.5. The summed E-state index contributed by atoms with van der Waals surface area (Å²) in [4.78, 5) is 0.375. The van der Waals surface area contributed by atoms with Gasteiger partial charge in [-0.3, -0.25) is 4.68 Å². The highest BCUT2D eigenvalue weighted by molar-refractivity contribution is 9.09. The molecule has 1 aliphatic rings. The van der Waals surface area contributed by atoms with Crippen LogP contribution in [0.3, 0.4) is 0 Å². The summed E-state index contributed by atoms with van der Waals surface area (Å²) in [5.41, 5.74) is 1.28. The normalized spacial score (nSPS) is 21.7. The van der Waals surface area contributed by atoms with Crippen LogP contribution in [0.4, 0.5) is 0 Å². The van der Waals surface area contributed by atoms with Gasteiger partial charge in [0.1, 0.15) is 4.90 Å². The van der Waals surface area contributed by atoms with Gasteiger partial charge in [-0.25, -0.2) is 8.42 Å². The second-order valence-electron chi connectivity index (χ2n) is 4.80. The van der Waals surface area contributed by atoms with E-state index in [2.05, 4.69) is 21.0 Å². The molecule has 0 radical (unpaired) electrons. The number of rotatable bonds is 3. The fraction of sp³-hybridized carbons (Fsp3) is 0.727. The van der Waals surface area contributed by atoms with E-state index < -0.39 is 10.0 Å².